The molecule has 0 bridgehead atoms. The summed E-state index contributed by atoms with van der Waals surface area (Å²) in [7, 11) is 0. The standard InChI is InChI=1S/C17H27ClN2/c1-12(2)14-6-8-20(9-7-14)17(11-19)16-5-4-15(18)10-13(16)3/h4-5,10,12,14,17H,6-9,11,19H2,1-3H3. The van der Waals surface area contributed by atoms with Gasteiger partial charge in [-0.15, -0.1) is 0 Å². The lowest BCUT2D eigenvalue weighted by atomic mass is 9.85. The minimum atomic E-state index is 0.334. The number of piperidine rings is 1. The van der Waals surface area contributed by atoms with Crippen molar-refractivity contribution < 1.29 is 0 Å². The summed E-state index contributed by atoms with van der Waals surface area (Å²) in [5.74, 6) is 1.67. The van der Waals surface area contributed by atoms with Crippen LogP contribution in [-0.2, 0) is 0 Å². The van der Waals surface area contributed by atoms with Crippen LogP contribution in [0.3, 0.4) is 0 Å². The quantitative estimate of drug-likeness (QED) is 0.909. The summed E-state index contributed by atoms with van der Waals surface area (Å²) in [4.78, 5) is 2.55. The largest absolute Gasteiger partial charge is 0.329 e. The monoisotopic (exact) mass is 294 g/mol. The fourth-order valence-corrected chi connectivity index (χ4v) is 3.61. The van der Waals surface area contributed by atoms with E-state index in [0.717, 1.165) is 29.9 Å². The maximum Gasteiger partial charge on any atom is 0.0473 e. The number of nitrogens with two attached hydrogens (primary N) is 1. The molecular formula is C17H27ClN2. The smallest absolute Gasteiger partial charge is 0.0473 e. The van der Waals surface area contributed by atoms with Crippen LogP contribution < -0.4 is 5.73 Å². The number of nitrogens with zero attached hydrogens (tertiary/aromatic N) is 1. The average molecular weight is 295 g/mol. The van der Waals surface area contributed by atoms with Crippen molar-refractivity contribution in [2.24, 2.45) is 17.6 Å². The third kappa shape index (κ3) is 3.55. The number of benzene rings is 1. The van der Waals surface area contributed by atoms with Crippen molar-refractivity contribution in [1.29, 1.82) is 0 Å². The minimum Gasteiger partial charge on any atom is -0.329 e. The zero-order chi connectivity index (χ0) is 14.7. The minimum absolute atomic E-state index is 0.334. The molecule has 112 valence electrons. The zero-order valence-electron chi connectivity index (χ0n) is 12.9. The van der Waals surface area contributed by atoms with Gasteiger partial charge < -0.3 is 5.73 Å². The Balaban J connectivity index is 2.09. The molecule has 20 heavy (non-hydrogen) atoms. The number of hydrogen-bond donors (Lipinski definition) is 1. The van der Waals surface area contributed by atoms with Gasteiger partial charge in [0.25, 0.3) is 0 Å². The summed E-state index contributed by atoms with van der Waals surface area (Å²) >= 11 is 6.06. The summed E-state index contributed by atoms with van der Waals surface area (Å²) < 4.78 is 0. The average Bonchev–Trinajstić information content (AvgIpc) is 2.42. The van der Waals surface area contributed by atoms with E-state index in [4.69, 9.17) is 17.3 Å². The van der Waals surface area contributed by atoms with Crippen molar-refractivity contribution in [2.75, 3.05) is 19.6 Å². The lowest BCUT2D eigenvalue weighted by Gasteiger charge is -2.39. The molecule has 2 nitrogen and oxygen atoms in total. The topological polar surface area (TPSA) is 29.3 Å². The van der Waals surface area contributed by atoms with Gasteiger partial charge >= 0.3 is 0 Å². The molecule has 1 aliphatic rings. The molecule has 0 saturated carbocycles. The molecule has 0 spiro atoms. The molecule has 1 saturated heterocycles. The molecule has 1 aliphatic heterocycles. The molecule has 0 aliphatic carbocycles. The normalized spacial score (nSPS) is 19.5. The molecule has 1 unspecified atom stereocenters. The van der Waals surface area contributed by atoms with Gasteiger partial charge in [0.1, 0.15) is 0 Å². The van der Waals surface area contributed by atoms with Crippen LogP contribution in [0, 0.1) is 18.8 Å². The Bertz CT molecular complexity index is 437. The molecule has 3 heteroatoms. The van der Waals surface area contributed by atoms with Gasteiger partial charge in [-0.05, 0) is 68.0 Å². The maximum atomic E-state index is 6.06. The molecule has 0 aromatic heterocycles. The predicted octanol–water partition coefficient (Wildman–Crippen LogP) is 4.02. The Morgan fingerprint density at radius 3 is 2.45 bits per heavy atom. The second-order valence-electron chi connectivity index (χ2n) is 6.37. The summed E-state index contributed by atoms with van der Waals surface area (Å²) in [6.07, 6.45) is 2.58. The van der Waals surface area contributed by atoms with E-state index in [1.165, 1.54) is 24.0 Å². The highest BCUT2D eigenvalue weighted by atomic mass is 35.5. The van der Waals surface area contributed by atoms with Crippen molar-refractivity contribution in [3.63, 3.8) is 0 Å². The van der Waals surface area contributed by atoms with Crippen LogP contribution in [0.5, 0.6) is 0 Å². The second kappa shape index (κ2) is 6.93. The van der Waals surface area contributed by atoms with Crippen LogP contribution in [0.1, 0.15) is 43.9 Å². The van der Waals surface area contributed by atoms with Crippen molar-refractivity contribution in [3.8, 4) is 0 Å². The fourth-order valence-electron chi connectivity index (χ4n) is 3.38. The fraction of sp³-hybridized carbons (Fsp3) is 0.647. The van der Waals surface area contributed by atoms with Crippen molar-refractivity contribution in [1.82, 2.24) is 4.90 Å². The first kappa shape index (κ1) is 15.8. The van der Waals surface area contributed by atoms with Crippen molar-refractivity contribution in [3.05, 3.63) is 34.3 Å². The highest BCUT2D eigenvalue weighted by Gasteiger charge is 2.27. The summed E-state index contributed by atoms with van der Waals surface area (Å²) in [5.41, 5.74) is 8.64. The molecule has 1 heterocycles. The highest BCUT2D eigenvalue weighted by Crippen LogP contribution is 2.31. The predicted molar refractivity (Wildman–Crippen MR) is 87.1 cm³/mol. The van der Waals surface area contributed by atoms with E-state index in [0.29, 0.717) is 12.6 Å². The summed E-state index contributed by atoms with van der Waals surface area (Å²) in [5, 5.41) is 0.806. The van der Waals surface area contributed by atoms with E-state index in [1.807, 2.05) is 12.1 Å². The van der Waals surface area contributed by atoms with E-state index in [9.17, 15) is 0 Å². The lowest BCUT2D eigenvalue weighted by Crippen LogP contribution is -2.41. The van der Waals surface area contributed by atoms with E-state index >= 15 is 0 Å². The van der Waals surface area contributed by atoms with E-state index in [1.54, 1.807) is 0 Å². The second-order valence-corrected chi connectivity index (χ2v) is 6.81. The van der Waals surface area contributed by atoms with Gasteiger partial charge in [0.15, 0.2) is 0 Å². The first-order valence-electron chi connectivity index (χ1n) is 7.73. The molecule has 1 fully saturated rings. The van der Waals surface area contributed by atoms with Gasteiger partial charge in [-0.25, -0.2) is 0 Å². The maximum absolute atomic E-state index is 6.06. The van der Waals surface area contributed by atoms with Crippen LogP contribution in [0.25, 0.3) is 0 Å². The first-order chi connectivity index (χ1) is 9.52. The molecule has 2 rings (SSSR count). The molecule has 0 radical (unpaired) electrons. The summed E-state index contributed by atoms with van der Waals surface area (Å²) in [6.45, 7) is 9.80. The third-order valence-electron chi connectivity index (χ3n) is 4.77. The Hall–Kier alpha value is -0.570. The van der Waals surface area contributed by atoms with Gasteiger partial charge in [-0.2, -0.15) is 0 Å². The van der Waals surface area contributed by atoms with Gasteiger partial charge in [0, 0.05) is 17.6 Å². The third-order valence-corrected chi connectivity index (χ3v) is 5.01. The highest BCUT2D eigenvalue weighted by molar-refractivity contribution is 6.30. The Labute approximate surface area is 128 Å². The SMILES string of the molecule is Cc1cc(Cl)ccc1C(CN)N1CCC(C(C)C)CC1. The van der Waals surface area contributed by atoms with Crippen molar-refractivity contribution in [2.45, 2.75) is 39.7 Å². The van der Waals surface area contributed by atoms with E-state index < -0.39 is 0 Å². The number of rotatable bonds is 4. The Morgan fingerprint density at radius 2 is 1.95 bits per heavy atom. The van der Waals surface area contributed by atoms with Crippen LogP contribution in [-0.4, -0.2) is 24.5 Å². The number of halogens is 1. The number of aryl methyl sites for hydroxylation is 1. The summed E-state index contributed by atoms with van der Waals surface area (Å²) in [6, 6.07) is 6.50. The Kier molecular flexibility index (Phi) is 5.48. The molecule has 2 N–H and O–H groups in total. The lowest BCUT2D eigenvalue weighted by molar-refractivity contribution is 0.117. The van der Waals surface area contributed by atoms with Crippen molar-refractivity contribution >= 4 is 11.6 Å². The van der Waals surface area contributed by atoms with E-state index in [2.05, 4.69) is 31.7 Å². The molecular weight excluding hydrogens is 268 g/mol. The van der Waals surface area contributed by atoms with Gasteiger partial charge in [-0.3, -0.25) is 4.90 Å². The Morgan fingerprint density at radius 1 is 1.30 bits per heavy atom. The zero-order valence-corrected chi connectivity index (χ0v) is 13.7. The van der Waals surface area contributed by atoms with Crippen LogP contribution >= 0.6 is 11.6 Å². The van der Waals surface area contributed by atoms with Crippen LogP contribution in [0.2, 0.25) is 5.02 Å². The first-order valence-corrected chi connectivity index (χ1v) is 8.11. The molecule has 1 atom stereocenters. The van der Waals surface area contributed by atoms with Crippen LogP contribution in [0.15, 0.2) is 18.2 Å². The number of likely N-dealkylation sites (tertiary alicyclic amines) is 1. The van der Waals surface area contributed by atoms with Gasteiger partial charge in [0.2, 0.25) is 0 Å². The molecule has 1 aromatic rings. The number of hydrogen-bond acceptors (Lipinski definition) is 2. The molecule has 0 amide bonds. The van der Waals surface area contributed by atoms with Crippen LogP contribution in [0.4, 0.5) is 0 Å². The van der Waals surface area contributed by atoms with Gasteiger partial charge in [0.05, 0.1) is 0 Å². The van der Waals surface area contributed by atoms with Gasteiger partial charge in [-0.1, -0.05) is 31.5 Å². The molecule has 1 aromatic carbocycles. The van der Waals surface area contributed by atoms with E-state index in [-0.39, 0.29) is 0 Å².